The number of nitrogens with one attached hydrogen (secondary N) is 1. The number of rotatable bonds is 7. The summed E-state index contributed by atoms with van der Waals surface area (Å²) in [5.41, 5.74) is 3.98. The Morgan fingerprint density at radius 3 is 2.82 bits per heavy atom. The van der Waals surface area contributed by atoms with Gasteiger partial charge in [-0.15, -0.1) is 0 Å². The van der Waals surface area contributed by atoms with E-state index in [2.05, 4.69) is 37.6 Å². The van der Waals surface area contributed by atoms with Crippen LogP contribution in [0.1, 0.15) is 45.6 Å². The Morgan fingerprint density at radius 2 is 2.11 bits per heavy atom. The first kappa shape index (κ1) is 20.1. The number of ether oxygens (including phenoxy) is 1. The van der Waals surface area contributed by atoms with E-state index in [-0.39, 0.29) is 18.2 Å². The lowest BCUT2D eigenvalue weighted by Gasteiger charge is -2.10. The number of amides is 1. The molecule has 1 aromatic carbocycles. The van der Waals surface area contributed by atoms with Gasteiger partial charge in [-0.05, 0) is 55.3 Å². The van der Waals surface area contributed by atoms with Crippen molar-refractivity contribution >= 4 is 21.8 Å². The Kier molecular flexibility index (Phi) is 6.18. The maximum atomic E-state index is 12.7. The first-order valence-electron chi connectivity index (χ1n) is 9.04. The van der Waals surface area contributed by atoms with Crippen LogP contribution in [0, 0.1) is 20.8 Å². The maximum absolute atomic E-state index is 12.7. The molecule has 0 saturated heterocycles. The van der Waals surface area contributed by atoms with Crippen LogP contribution in [0.4, 0.5) is 0 Å². The highest BCUT2D eigenvalue weighted by atomic mass is 79.9. The highest BCUT2D eigenvalue weighted by Crippen LogP contribution is 2.22. The van der Waals surface area contributed by atoms with Crippen LogP contribution in [0.15, 0.2) is 33.4 Å². The number of carbonyl (C=O) groups excluding carboxylic acids is 1. The van der Waals surface area contributed by atoms with Gasteiger partial charge in [0.25, 0.3) is 5.91 Å². The molecule has 8 heteroatoms. The Balaban J connectivity index is 1.71. The van der Waals surface area contributed by atoms with Crippen LogP contribution in [0.5, 0.6) is 5.75 Å². The number of aromatic nitrogens is 3. The summed E-state index contributed by atoms with van der Waals surface area (Å²) < 4.78 is 13.8. The summed E-state index contributed by atoms with van der Waals surface area (Å²) in [7, 11) is 0. The fraction of sp³-hybridized carbons (Fsp3) is 0.350. The minimum absolute atomic E-state index is 0.207. The summed E-state index contributed by atoms with van der Waals surface area (Å²) in [5, 5.41) is 11.1. The number of aryl methyl sites for hydroxylation is 4. The topological polar surface area (TPSA) is 82.2 Å². The van der Waals surface area contributed by atoms with Gasteiger partial charge in [0, 0.05) is 6.54 Å². The van der Waals surface area contributed by atoms with Crippen LogP contribution in [0.2, 0.25) is 0 Å². The average molecular weight is 447 g/mol. The van der Waals surface area contributed by atoms with Crippen molar-refractivity contribution in [1.82, 2.24) is 20.3 Å². The zero-order valence-corrected chi connectivity index (χ0v) is 18.0. The summed E-state index contributed by atoms with van der Waals surface area (Å²) >= 11 is 3.46. The predicted octanol–water partition coefficient (Wildman–Crippen LogP) is 4.09. The standard InChI is InChI=1S/C20H23BrN4O3/c1-5-25-17(16(21)9-23-25)10-22-20(26)19-15(14(4)28-24-19)11-27-18-7-6-12(2)8-13(18)3/h6-9H,5,10-11H2,1-4H3,(H,22,26). The lowest BCUT2D eigenvalue weighted by Crippen LogP contribution is -2.26. The van der Waals surface area contributed by atoms with E-state index in [4.69, 9.17) is 9.26 Å². The molecule has 0 saturated carbocycles. The highest BCUT2D eigenvalue weighted by molar-refractivity contribution is 9.10. The second-order valence-corrected chi connectivity index (χ2v) is 7.42. The van der Waals surface area contributed by atoms with Crippen molar-refractivity contribution < 1.29 is 14.1 Å². The molecule has 2 aromatic heterocycles. The van der Waals surface area contributed by atoms with Gasteiger partial charge in [0.2, 0.25) is 0 Å². The number of hydrogen-bond donors (Lipinski definition) is 1. The predicted molar refractivity (Wildman–Crippen MR) is 108 cm³/mol. The van der Waals surface area contributed by atoms with Crippen molar-refractivity contribution in [3.8, 4) is 5.75 Å². The Labute approximate surface area is 172 Å². The molecule has 148 valence electrons. The minimum atomic E-state index is -0.313. The van der Waals surface area contributed by atoms with E-state index in [9.17, 15) is 4.79 Å². The average Bonchev–Trinajstić information content (AvgIpc) is 3.21. The zero-order valence-electron chi connectivity index (χ0n) is 16.4. The first-order chi connectivity index (χ1) is 13.4. The van der Waals surface area contributed by atoms with Crippen molar-refractivity contribution in [2.75, 3.05) is 0 Å². The Morgan fingerprint density at radius 1 is 1.32 bits per heavy atom. The van der Waals surface area contributed by atoms with Crippen LogP contribution in [0.25, 0.3) is 0 Å². The molecule has 3 rings (SSSR count). The molecule has 0 unspecified atom stereocenters. The molecule has 0 aliphatic heterocycles. The van der Waals surface area contributed by atoms with Crippen LogP contribution in [-0.4, -0.2) is 20.8 Å². The third-order valence-electron chi connectivity index (χ3n) is 4.52. The summed E-state index contributed by atoms with van der Waals surface area (Å²) in [6, 6.07) is 5.97. The Bertz CT molecular complexity index is 993. The van der Waals surface area contributed by atoms with Gasteiger partial charge in [0.1, 0.15) is 18.1 Å². The fourth-order valence-electron chi connectivity index (χ4n) is 2.93. The van der Waals surface area contributed by atoms with E-state index in [0.717, 1.165) is 28.0 Å². The molecule has 0 aliphatic rings. The summed E-state index contributed by atoms with van der Waals surface area (Å²) in [6.07, 6.45) is 1.72. The summed E-state index contributed by atoms with van der Waals surface area (Å²) in [4.78, 5) is 12.7. The minimum Gasteiger partial charge on any atom is -0.488 e. The van der Waals surface area contributed by atoms with E-state index in [1.165, 1.54) is 5.56 Å². The lowest BCUT2D eigenvalue weighted by atomic mass is 10.1. The summed E-state index contributed by atoms with van der Waals surface area (Å²) in [5.74, 6) is 1.02. The quantitative estimate of drug-likeness (QED) is 0.590. The number of hydrogen-bond acceptors (Lipinski definition) is 5. The largest absolute Gasteiger partial charge is 0.488 e. The first-order valence-corrected chi connectivity index (χ1v) is 9.83. The number of halogens is 1. The maximum Gasteiger partial charge on any atom is 0.274 e. The van der Waals surface area contributed by atoms with E-state index >= 15 is 0 Å². The number of carbonyl (C=O) groups is 1. The molecule has 3 aromatic rings. The van der Waals surface area contributed by atoms with Crippen LogP contribution < -0.4 is 10.1 Å². The van der Waals surface area contributed by atoms with Gasteiger partial charge in [0.15, 0.2) is 5.69 Å². The van der Waals surface area contributed by atoms with Crippen molar-refractivity contribution in [3.05, 3.63) is 62.7 Å². The third-order valence-corrected chi connectivity index (χ3v) is 5.18. The fourth-order valence-corrected chi connectivity index (χ4v) is 3.37. The lowest BCUT2D eigenvalue weighted by molar-refractivity contribution is 0.0938. The van der Waals surface area contributed by atoms with E-state index in [0.29, 0.717) is 17.9 Å². The SMILES string of the molecule is CCn1ncc(Br)c1CNC(=O)c1noc(C)c1COc1ccc(C)cc1C. The zero-order chi connectivity index (χ0) is 20.3. The second kappa shape index (κ2) is 8.60. The normalized spacial score (nSPS) is 10.9. The highest BCUT2D eigenvalue weighted by Gasteiger charge is 2.21. The molecule has 2 heterocycles. The molecule has 1 N–H and O–H groups in total. The molecule has 0 aliphatic carbocycles. The van der Waals surface area contributed by atoms with Crippen molar-refractivity contribution in [3.63, 3.8) is 0 Å². The Hall–Kier alpha value is -2.61. The molecule has 0 fully saturated rings. The van der Waals surface area contributed by atoms with Crippen molar-refractivity contribution in [2.45, 2.75) is 47.4 Å². The van der Waals surface area contributed by atoms with Gasteiger partial charge < -0.3 is 14.6 Å². The van der Waals surface area contributed by atoms with Gasteiger partial charge in [0.05, 0.1) is 28.5 Å². The molecule has 0 bridgehead atoms. The monoisotopic (exact) mass is 446 g/mol. The summed E-state index contributed by atoms with van der Waals surface area (Å²) in [6.45, 7) is 9.04. The molecule has 1 amide bonds. The number of nitrogens with zero attached hydrogens (tertiary/aromatic N) is 3. The van der Waals surface area contributed by atoms with Crippen LogP contribution in [-0.2, 0) is 19.7 Å². The van der Waals surface area contributed by atoms with Gasteiger partial charge in [-0.2, -0.15) is 5.10 Å². The van der Waals surface area contributed by atoms with E-state index in [1.54, 1.807) is 13.1 Å². The molecule has 28 heavy (non-hydrogen) atoms. The van der Waals surface area contributed by atoms with Gasteiger partial charge in [-0.1, -0.05) is 22.9 Å². The molecule has 7 nitrogen and oxygen atoms in total. The van der Waals surface area contributed by atoms with E-state index in [1.807, 2.05) is 37.6 Å². The van der Waals surface area contributed by atoms with Crippen LogP contribution in [0.3, 0.4) is 0 Å². The van der Waals surface area contributed by atoms with Crippen LogP contribution >= 0.6 is 15.9 Å². The molecular formula is C20H23BrN4O3. The number of benzene rings is 1. The smallest absolute Gasteiger partial charge is 0.274 e. The van der Waals surface area contributed by atoms with Crippen molar-refractivity contribution in [1.29, 1.82) is 0 Å². The second-order valence-electron chi connectivity index (χ2n) is 6.56. The molecule has 0 atom stereocenters. The van der Waals surface area contributed by atoms with E-state index < -0.39 is 0 Å². The molecule has 0 spiro atoms. The molecule has 0 radical (unpaired) electrons. The van der Waals surface area contributed by atoms with Gasteiger partial charge >= 0.3 is 0 Å². The molecular weight excluding hydrogens is 424 g/mol. The van der Waals surface area contributed by atoms with Gasteiger partial charge in [-0.3, -0.25) is 9.48 Å². The van der Waals surface area contributed by atoms with Crippen molar-refractivity contribution in [2.24, 2.45) is 0 Å². The van der Waals surface area contributed by atoms with Gasteiger partial charge in [-0.25, -0.2) is 0 Å². The third kappa shape index (κ3) is 4.27.